The van der Waals surface area contributed by atoms with Crippen molar-refractivity contribution in [1.29, 1.82) is 0 Å². The molecule has 0 N–H and O–H groups in total. The van der Waals surface area contributed by atoms with Crippen LogP contribution in [0.1, 0.15) is 41.7 Å². The van der Waals surface area contributed by atoms with E-state index in [0.29, 0.717) is 36.0 Å². The minimum atomic E-state index is -1.29. The van der Waals surface area contributed by atoms with E-state index in [1.54, 1.807) is 0 Å². The lowest BCUT2D eigenvalue weighted by Gasteiger charge is -2.59. The van der Waals surface area contributed by atoms with Crippen molar-refractivity contribution in [3.8, 4) is 5.69 Å². The molecule has 35 heavy (non-hydrogen) atoms. The molecule has 0 amide bonds. The van der Waals surface area contributed by atoms with Crippen LogP contribution >= 0.6 is 11.6 Å². The van der Waals surface area contributed by atoms with E-state index in [9.17, 15) is 4.39 Å². The molecule has 4 aliphatic rings. The maximum absolute atomic E-state index is 14.9. The van der Waals surface area contributed by atoms with Crippen LogP contribution in [0.25, 0.3) is 5.69 Å². The Balaban J connectivity index is 1.13. The molecule has 3 aromatic rings. The quantitative estimate of drug-likeness (QED) is 0.545. The molecule has 0 atom stereocenters. The number of fused-ring (bicyclic) bond motifs is 3. The van der Waals surface area contributed by atoms with Gasteiger partial charge in [0.25, 0.3) is 0 Å². The summed E-state index contributed by atoms with van der Waals surface area (Å²) >= 11 is 6.37. The predicted octanol–water partition coefficient (Wildman–Crippen LogP) is 4.06. The number of hydrogen-bond donors (Lipinski definition) is 0. The molecule has 0 radical (unpaired) electrons. The van der Waals surface area contributed by atoms with E-state index in [0.717, 1.165) is 60.3 Å². The molecule has 1 saturated carbocycles. The third-order valence-corrected chi connectivity index (χ3v) is 8.23. The van der Waals surface area contributed by atoms with Crippen molar-refractivity contribution in [2.45, 2.75) is 44.4 Å². The number of rotatable bonds is 4. The number of benzene rings is 1. The minimum absolute atomic E-state index is 0.156. The Morgan fingerprint density at radius 3 is 2.69 bits per heavy atom. The summed E-state index contributed by atoms with van der Waals surface area (Å²) in [5, 5.41) is 9.95. The van der Waals surface area contributed by atoms with Gasteiger partial charge in [-0.3, -0.25) is 9.47 Å². The summed E-state index contributed by atoms with van der Waals surface area (Å²) in [6, 6.07) is 12.2. The number of nitrogens with zero attached hydrogens (tertiary/aromatic N) is 6. The van der Waals surface area contributed by atoms with Crippen LogP contribution < -0.4 is 4.90 Å². The van der Waals surface area contributed by atoms with Gasteiger partial charge in [0.05, 0.1) is 25.4 Å². The third-order valence-electron chi connectivity index (χ3n) is 8.00. The molecule has 1 spiro atoms. The molecule has 2 saturated heterocycles. The largest absolute Gasteiger partial charge is 0.375 e. The fourth-order valence-electron chi connectivity index (χ4n) is 6.34. The molecule has 0 bridgehead atoms. The number of aromatic nitrogens is 4. The summed E-state index contributed by atoms with van der Waals surface area (Å²) in [7, 11) is 0. The van der Waals surface area contributed by atoms with Crippen molar-refractivity contribution in [3.63, 3.8) is 0 Å². The molecule has 5 heterocycles. The Bertz CT molecular complexity index is 1290. The second-order valence-electron chi connectivity index (χ2n) is 11.0. The molecule has 2 aromatic heterocycles. The molecule has 1 aliphatic carbocycles. The Morgan fingerprint density at radius 1 is 1.11 bits per heavy atom. The van der Waals surface area contributed by atoms with Crippen LogP contribution in [0.15, 0.2) is 36.4 Å². The molecule has 7 rings (SSSR count). The van der Waals surface area contributed by atoms with Gasteiger partial charge in [-0.05, 0) is 55.7 Å². The van der Waals surface area contributed by atoms with E-state index in [2.05, 4.69) is 47.7 Å². The number of ether oxygens (including phenoxy) is 1. The summed E-state index contributed by atoms with van der Waals surface area (Å²) in [6.45, 7) is 5.92. The van der Waals surface area contributed by atoms with Crippen LogP contribution in [0, 0.1) is 12.3 Å². The fraction of sp³-hybridized carbons (Fsp3) is 0.500. The first-order valence-electron chi connectivity index (χ1n) is 12.3. The van der Waals surface area contributed by atoms with E-state index < -0.39 is 5.67 Å². The Hall–Kier alpha value is -2.55. The van der Waals surface area contributed by atoms with Gasteiger partial charge < -0.3 is 9.64 Å². The Labute approximate surface area is 208 Å². The first-order valence-corrected chi connectivity index (χ1v) is 12.7. The zero-order chi connectivity index (χ0) is 23.8. The predicted molar refractivity (Wildman–Crippen MR) is 131 cm³/mol. The van der Waals surface area contributed by atoms with E-state index in [1.807, 2.05) is 25.1 Å². The van der Waals surface area contributed by atoms with Gasteiger partial charge in [0.2, 0.25) is 0 Å². The number of hydrogen-bond acceptors (Lipinski definition) is 6. The standard InChI is InChI=1S/C26H28ClFN6O/c1-17-3-2-4-22(29-17)33-12-25(13-33)8-19(9-25)24-31-30-23-11-32(14-26(28)15-35-16-26)10-18-7-20(27)5-6-21(18)34(23)24/h2-7,19H,8-16H2,1H3. The number of pyridine rings is 1. The van der Waals surface area contributed by atoms with Crippen molar-refractivity contribution in [3.05, 3.63) is 64.3 Å². The van der Waals surface area contributed by atoms with Crippen molar-refractivity contribution < 1.29 is 9.13 Å². The van der Waals surface area contributed by atoms with Crippen LogP contribution in [0.3, 0.4) is 0 Å². The third kappa shape index (κ3) is 3.65. The van der Waals surface area contributed by atoms with Gasteiger partial charge in [-0.15, -0.1) is 10.2 Å². The van der Waals surface area contributed by atoms with Crippen LogP contribution in [0.2, 0.25) is 5.02 Å². The molecular formula is C26H28ClFN6O. The highest BCUT2D eigenvalue weighted by Gasteiger charge is 2.54. The molecule has 182 valence electrons. The van der Waals surface area contributed by atoms with Gasteiger partial charge in [0, 0.05) is 48.2 Å². The first kappa shape index (κ1) is 21.7. The van der Waals surface area contributed by atoms with Crippen molar-refractivity contribution in [2.24, 2.45) is 5.41 Å². The average Bonchev–Trinajstić information content (AvgIpc) is 3.07. The topological polar surface area (TPSA) is 59.3 Å². The maximum Gasteiger partial charge on any atom is 0.169 e. The lowest BCUT2D eigenvalue weighted by molar-refractivity contribution is -0.142. The van der Waals surface area contributed by atoms with Crippen molar-refractivity contribution in [2.75, 3.05) is 37.7 Å². The van der Waals surface area contributed by atoms with E-state index in [1.165, 1.54) is 0 Å². The van der Waals surface area contributed by atoms with Gasteiger partial charge >= 0.3 is 0 Å². The highest BCUT2D eigenvalue weighted by molar-refractivity contribution is 6.30. The molecule has 1 aromatic carbocycles. The SMILES string of the molecule is Cc1cccc(N2CC3(CC(c4nnc5n4-c4ccc(Cl)cc4CN(CC4(F)COC4)C5)C3)C2)n1. The van der Waals surface area contributed by atoms with Crippen molar-refractivity contribution >= 4 is 17.4 Å². The highest BCUT2D eigenvalue weighted by Crippen LogP contribution is 2.56. The average molecular weight is 495 g/mol. The Kier molecular flexibility index (Phi) is 4.79. The van der Waals surface area contributed by atoms with Gasteiger partial charge in [0.1, 0.15) is 11.6 Å². The Morgan fingerprint density at radius 2 is 1.94 bits per heavy atom. The maximum atomic E-state index is 14.9. The molecule has 3 fully saturated rings. The molecule has 0 unspecified atom stereocenters. The van der Waals surface area contributed by atoms with Gasteiger partial charge in [-0.1, -0.05) is 17.7 Å². The number of anilines is 1. The second kappa shape index (κ2) is 7.72. The van der Waals surface area contributed by atoms with E-state index in [4.69, 9.17) is 16.3 Å². The summed E-state index contributed by atoms with van der Waals surface area (Å²) < 4.78 is 22.3. The van der Waals surface area contributed by atoms with Crippen LogP contribution in [-0.2, 0) is 17.8 Å². The molecular weight excluding hydrogens is 467 g/mol. The van der Waals surface area contributed by atoms with Crippen LogP contribution in [-0.4, -0.2) is 63.2 Å². The molecule has 3 aliphatic heterocycles. The van der Waals surface area contributed by atoms with Gasteiger partial charge in [-0.25, -0.2) is 9.37 Å². The number of halogens is 2. The smallest absolute Gasteiger partial charge is 0.169 e. The highest BCUT2D eigenvalue weighted by atomic mass is 35.5. The number of alkyl halides is 1. The van der Waals surface area contributed by atoms with E-state index >= 15 is 0 Å². The monoisotopic (exact) mass is 494 g/mol. The van der Waals surface area contributed by atoms with Gasteiger partial charge in [-0.2, -0.15) is 0 Å². The fourth-order valence-corrected chi connectivity index (χ4v) is 6.53. The normalized spacial score (nSPS) is 22.5. The first-order chi connectivity index (χ1) is 16.9. The zero-order valence-corrected chi connectivity index (χ0v) is 20.5. The minimum Gasteiger partial charge on any atom is -0.375 e. The van der Waals surface area contributed by atoms with Crippen LogP contribution in [0.4, 0.5) is 10.2 Å². The molecule has 7 nitrogen and oxygen atoms in total. The summed E-state index contributed by atoms with van der Waals surface area (Å²) in [5.41, 5.74) is 2.24. The lowest BCUT2D eigenvalue weighted by atomic mass is 9.57. The summed E-state index contributed by atoms with van der Waals surface area (Å²) in [6.07, 6.45) is 2.20. The lowest BCUT2D eigenvalue weighted by Crippen LogP contribution is -2.62. The number of aryl methyl sites for hydroxylation is 1. The summed E-state index contributed by atoms with van der Waals surface area (Å²) in [5.74, 6) is 3.32. The van der Waals surface area contributed by atoms with E-state index in [-0.39, 0.29) is 13.2 Å². The second-order valence-corrected chi connectivity index (χ2v) is 11.4. The summed E-state index contributed by atoms with van der Waals surface area (Å²) in [4.78, 5) is 9.16. The molecule has 9 heteroatoms. The van der Waals surface area contributed by atoms with Crippen molar-refractivity contribution in [1.82, 2.24) is 24.6 Å². The van der Waals surface area contributed by atoms with Gasteiger partial charge in [0.15, 0.2) is 11.5 Å². The van der Waals surface area contributed by atoms with Crippen LogP contribution in [0.5, 0.6) is 0 Å². The zero-order valence-electron chi connectivity index (χ0n) is 19.8.